The van der Waals surface area contributed by atoms with Crippen molar-refractivity contribution in [2.24, 2.45) is 0 Å². The Hall–Kier alpha value is -4.04. The van der Waals surface area contributed by atoms with Crippen LogP contribution in [0.3, 0.4) is 0 Å². The van der Waals surface area contributed by atoms with Crippen molar-refractivity contribution in [2.45, 2.75) is 32.3 Å². The summed E-state index contributed by atoms with van der Waals surface area (Å²) < 4.78 is 26.3. The van der Waals surface area contributed by atoms with Crippen molar-refractivity contribution in [3.63, 3.8) is 0 Å². The molecule has 2 aromatic heterocycles. The molecule has 0 saturated carbocycles. The second-order valence-corrected chi connectivity index (χ2v) is 8.75. The van der Waals surface area contributed by atoms with Gasteiger partial charge in [-0.2, -0.15) is 5.10 Å². The zero-order chi connectivity index (χ0) is 25.9. The highest BCUT2D eigenvalue weighted by molar-refractivity contribution is 5.96. The Kier molecular flexibility index (Phi) is 7.17. The Morgan fingerprint density at radius 2 is 1.86 bits per heavy atom. The summed E-state index contributed by atoms with van der Waals surface area (Å²) in [6.45, 7) is 3.30. The van der Waals surface area contributed by atoms with Gasteiger partial charge in [0.15, 0.2) is 5.78 Å². The van der Waals surface area contributed by atoms with Crippen LogP contribution < -0.4 is 9.47 Å². The lowest BCUT2D eigenvalue weighted by atomic mass is 9.92. The molecule has 4 aromatic rings. The van der Waals surface area contributed by atoms with Gasteiger partial charge in [0.1, 0.15) is 34.3 Å². The molecule has 2 heterocycles. The predicted octanol–water partition coefficient (Wildman–Crippen LogP) is 5.27. The average Bonchev–Trinajstić information content (AvgIpc) is 3.43. The molecule has 0 bridgehead atoms. The molecule has 0 radical (unpaired) electrons. The largest absolute Gasteiger partial charge is 0.494 e. The fourth-order valence-electron chi connectivity index (χ4n) is 3.99. The number of aliphatic hydroxyl groups is 1. The number of carbonyl (C=O) groups excluding carboxylic acids is 1. The third-order valence-electron chi connectivity index (χ3n) is 6.15. The van der Waals surface area contributed by atoms with E-state index in [2.05, 4.69) is 10.1 Å². The van der Waals surface area contributed by atoms with Crippen molar-refractivity contribution >= 4 is 5.78 Å². The molecule has 0 saturated heterocycles. The minimum absolute atomic E-state index is 0.0932. The summed E-state index contributed by atoms with van der Waals surface area (Å²) in [5.74, 6) is 0.575. The Labute approximate surface area is 209 Å². The highest BCUT2D eigenvalue weighted by atomic mass is 19.1. The standard InChI is InChI=1S/C28H28FN3O4/c1-18-16-20(6-8-21(18)29)27-24(35-3)10-11-26(31-27)28(2,34)13-12-23(33)19-7-9-22(25(17-19)36-4)32-15-5-14-30-32/h5-11,14-17,34H,12-13H2,1-4H3. The fourth-order valence-corrected chi connectivity index (χ4v) is 3.99. The Balaban J connectivity index is 1.54. The van der Waals surface area contributed by atoms with E-state index < -0.39 is 5.60 Å². The number of rotatable bonds is 9. The number of pyridine rings is 1. The van der Waals surface area contributed by atoms with Crippen molar-refractivity contribution in [1.82, 2.24) is 14.8 Å². The van der Waals surface area contributed by atoms with Gasteiger partial charge in [0.2, 0.25) is 0 Å². The van der Waals surface area contributed by atoms with E-state index in [4.69, 9.17) is 9.47 Å². The molecule has 0 fully saturated rings. The van der Waals surface area contributed by atoms with Gasteiger partial charge in [-0.3, -0.25) is 4.79 Å². The molecule has 0 amide bonds. The van der Waals surface area contributed by atoms with Crippen LogP contribution in [0.15, 0.2) is 67.0 Å². The first-order chi connectivity index (χ1) is 17.2. The van der Waals surface area contributed by atoms with Crippen molar-refractivity contribution < 1.29 is 23.8 Å². The minimum atomic E-state index is -1.38. The van der Waals surface area contributed by atoms with Gasteiger partial charge in [-0.25, -0.2) is 14.1 Å². The number of halogens is 1. The van der Waals surface area contributed by atoms with Gasteiger partial charge >= 0.3 is 0 Å². The van der Waals surface area contributed by atoms with Crippen LogP contribution in [0.2, 0.25) is 0 Å². The van der Waals surface area contributed by atoms with Crippen molar-refractivity contribution in [3.8, 4) is 28.4 Å². The summed E-state index contributed by atoms with van der Waals surface area (Å²) in [5, 5.41) is 15.4. The molecule has 1 unspecified atom stereocenters. The molecule has 4 rings (SSSR count). The summed E-state index contributed by atoms with van der Waals surface area (Å²) in [4.78, 5) is 17.6. The molecule has 0 aliphatic rings. The predicted molar refractivity (Wildman–Crippen MR) is 134 cm³/mol. The monoisotopic (exact) mass is 489 g/mol. The summed E-state index contributed by atoms with van der Waals surface area (Å²) >= 11 is 0. The molecule has 0 spiro atoms. The van der Waals surface area contributed by atoms with E-state index in [1.54, 1.807) is 79.5 Å². The molecule has 36 heavy (non-hydrogen) atoms. The number of aromatic nitrogens is 3. The SMILES string of the molecule is COc1cc(C(=O)CCC(C)(O)c2ccc(OC)c(-c3ccc(F)c(C)c3)n2)ccc1-n1cccn1. The van der Waals surface area contributed by atoms with Gasteiger partial charge in [0.25, 0.3) is 0 Å². The molecule has 1 N–H and O–H groups in total. The first-order valence-electron chi connectivity index (χ1n) is 11.5. The molecule has 0 aliphatic heterocycles. The molecule has 7 nitrogen and oxygen atoms in total. The molecule has 186 valence electrons. The van der Waals surface area contributed by atoms with Crippen molar-refractivity contribution in [3.05, 3.63) is 89.6 Å². The molecular weight excluding hydrogens is 461 g/mol. The zero-order valence-electron chi connectivity index (χ0n) is 20.7. The van der Waals surface area contributed by atoms with Gasteiger partial charge in [-0.1, -0.05) is 0 Å². The molecule has 8 heteroatoms. The first kappa shape index (κ1) is 25.1. The third-order valence-corrected chi connectivity index (χ3v) is 6.15. The molecule has 2 aromatic carbocycles. The van der Waals surface area contributed by atoms with Crippen LogP contribution in [0.5, 0.6) is 11.5 Å². The number of aryl methyl sites for hydroxylation is 1. The van der Waals surface area contributed by atoms with Gasteiger partial charge < -0.3 is 14.6 Å². The van der Waals surface area contributed by atoms with Crippen LogP contribution >= 0.6 is 0 Å². The van der Waals surface area contributed by atoms with E-state index >= 15 is 0 Å². The quantitative estimate of drug-likeness (QED) is 0.323. The second kappa shape index (κ2) is 10.3. The van der Waals surface area contributed by atoms with Gasteiger partial charge in [-0.15, -0.1) is 0 Å². The van der Waals surface area contributed by atoms with Gasteiger partial charge in [-0.05, 0) is 80.4 Å². The molecule has 1 atom stereocenters. The number of methoxy groups -OCH3 is 2. The lowest BCUT2D eigenvalue weighted by molar-refractivity contribution is 0.0397. The number of Topliss-reactive ketones (excluding diaryl/α,β-unsaturated/α-hetero) is 1. The number of ether oxygens (including phenoxy) is 2. The maximum atomic E-state index is 13.8. The Morgan fingerprint density at radius 3 is 2.53 bits per heavy atom. The highest BCUT2D eigenvalue weighted by Gasteiger charge is 2.28. The van der Waals surface area contributed by atoms with E-state index in [1.807, 2.05) is 0 Å². The van der Waals surface area contributed by atoms with E-state index in [0.717, 1.165) is 5.69 Å². The van der Waals surface area contributed by atoms with Crippen LogP contribution in [0.4, 0.5) is 4.39 Å². The van der Waals surface area contributed by atoms with E-state index in [1.165, 1.54) is 20.3 Å². The Bertz CT molecular complexity index is 1380. The number of benzene rings is 2. The Morgan fingerprint density at radius 1 is 1.08 bits per heavy atom. The summed E-state index contributed by atoms with van der Waals surface area (Å²) in [6, 6.07) is 15.0. The number of carbonyl (C=O) groups is 1. The normalized spacial score (nSPS) is 12.7. The van der Waals surface area contributed by atoms with E-state index in [9.17, 15) is 14.3 Å². The number of hydrogen-bond acceptors (Lipinski definition) is 6. The van der Waals surface area contributed by atoms with Crippen LogP contribution in [-0.2, 0) is 5.60 Å². The van der Waals surface area contributed by atoms with Gasteiger partial charge in [0, 0.05) is 29.9 Å². The van der Waals surface area contributed by atoms with E-state index in [-0.39, 0.29) is 24.4 Å². The fraction of sp³-hybridized carbons (Fsp3) is 0.250. The smallest absolute Gasteiger partial charge is 0.163 e. The average molecular weight is 490 g/mol. The summed E-state index contributed by atoms with van der Waals surface area (Å²) in [6.07, 6.45) is 3.70. The molecular formula is C28H28FN3O4. The van der Waals surface area contributed by atoms with E-state index in [0.29, 0.717) is 39.6 Å². The zero-order valence-corrected chi connectivity index (χ0v) is 20.7. The maximum absolute atomic E-state index is 13.8. The lowest BCUT2D eigenvalue weighted by Gasteiger charge is -2.24. The topological polar surface area (TPSA) is 86.5 Å². The number of nitrogens with zero attached hydrogens (tertiary/aromatic N) is 3. The minimum Gasteiger partial charge on any atom is -0.494 e. The van der Waals surface area contributed by atoms with Crippen molar-refractivity contribution in [2.75, 3.05) is 14.2 Å². The van der Waals surface area contributed by atoms with Crippen LogP contribution in [0.25, 0.3) is 16.9 Å². The van der Waals surface area contributed by atoms with Crippen molar-refractivity contribution in [1.29, 1.82) is 0 Å². The van der Waals surface area contributed by atoms with Crippen LogP contribution in [0.1, 0.15) is 41.4 Å². The van der Waals surface area contributed by atoms with Gasteiger partial charge in [0.05, 0.1) is 19.9 Å². The number of ketones is 1. The third kappa shape index (κ3) is 5.13. The van der Waals surface area contributed by atoms with Crippen LogP contribution in [0, 0.1) is 12.7 Å². The van der Waals surface area contributed by atoms with Crippen LogP contribution in [-0.4, -0.2) is 39.9 Å². The second-order valence-electron chi connectivity index (χ2n) is 8.75. The maximum Gasteiger partial charge on any atom is 0.163 e. The molecule has 0 aliphatic carbocycles. The number of hydrogen-bond donors (Lipinski definition) is 1. The summed E-state index contributed by atoms with van der Waals surface area (Å²) in [5.41, 5.74) is 1.84. The first-order valence-corrected chi connectivity index (χ1v) is 11.5. The summed E-state index contributed by atoms with van der Waals surface area (Å²) in [7, 11) is 3.07. The lowest BCUT2D eigenvalue weighted by Crippen LogP contribution is -2.24. The highest BCUT2D eigenvalue weighted by Crippen LogP contribution is 2.34.